The van der Waals surface area contributed by atoms with E-state index in [1.165, 1.54) is 11.3 Å². The van der Waals surface area contributed by atoms with Gasteiger partial charge in [-0.05, 0) is 43.5 Å². The number of anilines is 1. The van der Waals surface area contributed by atoms with Crippen molar-refractivity contribution < 1.29 is 5.11 Å². The molecule has 1 saturated heterocycles. The van der Waals surface area contributed by atoms with Gasteiger partial charge in [-0.2, -0.15) is 0 Å². The quantitative estimate of drug-likeness (QED) is 0.815. The van der Waals surface area contributed by atoms with Crippen molar-refractivity contribution in [3.05, 3.63) is 28.8 Å². The maximum absolute atomic E-state index is 9.61. The van der Waals surface area contributed by atoms with Gasteiger partial charge in [0.15, 0.2) is 0 Å². The van der Waals surface area contributed by atoms with E-state index in [4.69, 9.17) is 11.6 Å². The van der Waals surface area contributed by atoms with Gasteiger partial charge in [0.05, 0.1) is 6.10 Å². The number of benzene rings is 1. The van der Waals surface area contributed by atoms with Gasteiger partial charge in [0.1, 0.15) is 0 Å². The standard InChI is InChI=1S/C15H23ClN2O/c1-2-7-17-11-12-3-4-13(16)10-15(12)18-8-5-14(19)6-9-18/h3-4,10,14,17,19H,2,5-9,11H2,1H3. The molecular formula is C15H23ClN2O. The summed E-state index contributed by atoms with van der Waals surface area (Å²) >= 11 is 6.13. The Hall–Kier alpha value is -0.770. The number of hydrogen-bond donors (Lipinski definition) is 2. The summed E-state index contributed by atoms with van der Waals surface area (Å²) in [7, 11) is 0. The average Bonchev–Trinajstić information content (AvgIpc) is 2.41. The van der Waals surface area contributed by atoms with E-state index in [1.54, 1.807) is 0 Å². The van der Waals surface area contributed by atoms with Crippen LogP contribution < -0.4 is 10.2 Å². The molecule has 0 aromatic heterocycles. The summed E-state index contributed by atoms with van der Waals surface area (Å²) in [6.07, 6.45) is 2.68. The lowest BCUT2D eigenvalue weighted by atomic mass is 10.0. The van der Waals surface area contributed by atoms with Crippen LogP contribution in [0.4, 0.5) is 5.69 Å². The highest BCUT2D eigenvalue weighted by Crippen LogP contribution is 2.27. The van der Waals surface area contributed by atoms with Crippen LogP contribution in [0.1, 0.15) is 31.7 Å². The first-order valence-electron chi connectivity index (χ1n) is 7.13. The van der Waals surface area contributed by atoms with Crippen LogP contribution >= 0.6 is 11.6 Å². The molecule has 1 fully saturated rings. The van der Waals surface area contributed by atoms with E-state index in [1.807, 2.05) is 12.1 Å². The van der Waals surface area contributed by atoms with E-state index in [-0.39, 0.29) is 6.10 Å². The number of nitrogens with one attached hydrogen (secondary N) is 1. The monoisotopic (exact) mass is 282 g/mol. The van der Waals surface area contributed by atoms with Gasteiger partial charge in [-0.3, -0.25) is 0 Å². The fourth-order valence-electron chi connectivity index (χ4n) is 2.49. The van der Waals surface area contributed by atoms with Crippen LogP contribution in [-0.2, 0) is 6.54 Å². The van der Waals surface area contributed by atoms with Crippen LogP contribution in [0.2, 0.25) is 5.02 Å². The second kappa shape index (κ2) is 7.13. The molecule has 1 aliphatic heterocycles. The first-order valence-corrected chi connectivity index (χ1v) is 7.50. The summed E-state index contributed by atoms with van der Waals surface area (Å²) in [5, 5.41) is 13.8. The molecule has 19 heavy (non-hydrogen) atoms. The van der Waals surface area contributed by atoms with Crippen LogP contribution in [0.25, 0.3) is 0 Å². The third-order valence-corrected chi connectivity index (χ3v) is 3.83. The summed E-state index contributed by atoms with van der Waals surface area (Å²) < 4.78 is 0. The van der Waals surface area contributed by atoms with E-state index < -0.39 is 0 Å². The molecule has 2 N–H and O–H groups in total. The van der Waals surface area contributed by atoms with Crippen molar-refractivity contribution in [3.8, 4) is 0 Å². The highest BCUT2D eigenvalue weighted by atomic mass is 35.5. The Kier molecular flexibility index (Phi) is 5.49. The zero-order valence-electron chi connectivity index (χ0n) is 11.5. The number of aliphatic hydroxyl groups excluding tert-OH is 1. The zero-order chi connectivity index (χ0) is 13.7. The third kappa shape index (κ3) is 4.10. The lowest BCUT2D eigenvalue weighted by molar-refractivity contribution is 0.145. The van der Waals surface area contributed by atoms with Gasteiger partial charge in [-0.25, -0.2) is 0 Å². The maximum atomic E-state index is 9.61. The summed E-state index contributed by atoms with van der Waals surface area (Å²) in [6.45, 7) is 5.88. The number of aliphatic hydroxyl groups is 1. The molecule has 0 amide bonds. The largest absolute Gasteiger partial charge is 0.393 e. The second-order valence-electron chi connectivity index (χ2n) is 5.17. The number of rotatable bonds is 5. The number of hydrogen-bond acceptors (Lipinski definition) is 3. The summed E-state index contributed by atoms with van der Waals surface area (Å²) in [5.41, 5.74) is 2.50. The first kappa shape index (κ1) is 14.6. The molecule has 0 saturated carbocycles. The second-order valence-corrected chi connectivity index (χ2v) is 5.60. The molecule has 1 aromatic carbocycles. The Bertz CT molecular complexity index is 403. The summed E-state index contributed by atoms with van der Waals surface area (Å²) in [6, 6.07) is 6.10. The average molecular weight is 283 g/mol. The number of nitrogens with zero attached hydrogens (tertiary/aromatic N) is 1. The SMILES string of the molecule is CCCNCc1ccc(Cl)cc1N1CCC(O)CC1. The van der Waals surface area contributed by atoms with E-state index in [2.05, 4.69) is 23.2 Å². The lowest BCUT2D eigenvalue weighted by Crippen LogP contribution is -2.36. The van der Waals surface area contributed by atoms with Gasteiger partial charge in [-0.15, -0.1) is 0 Å². The molecule has 0 atom stereocenters. The molecular weight excluding hydrogens is 260 g/mol. The van der Waals surface area contributed by atoms with Crippen molar-refractivity contribution in [1.29, 1.82) is 0 Å². The minimum absolute atomic E-state index is 0.142. The fraction of sp³-hybridized carbons (Fsp3) is 0.600. The number of halogens is 1. The zero-order valence-corrected chi connectivity index (χ0v) is 12.3. The lowest BCUT2D eigenvalue weighted by Gasteiger charge is -2.33. The summed E-state index contributed by atoms with van der Waals surface area (Å²) in [5.74, 6) is 0. The Morgan fingerprint density at radius 1 is 1.37 bits per heavy atom. The van der Waals surface area contributed by atoms with Crippen molar-refractivity contribution in [2.75, 3.05) is 24.5 Å². The minimum atomic E-state index is -0.142. The van der Waals surface area contributed by atoms with Gasteiger partial charge in [0.25, 0.3) is 0 Å². The maximum Gasteiger partial charge on any atom is 0.0574 e. The predicted octanol–water partition coefficient (Wildman–Crippen LogP) is 2.80. The Labute approximate surface area is 120 Å². The fourth-order valence-corrected chi connectivity index (χ4v) is 2.65. The van der Waals surface area contributed by atoms with Crippen LogP contribution in [-0.4, -0.2) is 30.8 Å². The molecule has 0 aliphatic carbocycles. The Morgan fingerprint density at radius 3 is 2.79 bits per heavy atom. The van der Waals surface area contributed by atoms with Gasteiger partial charge in [0.2, 0.25) is 0 Å². The molecule has 1 aliphatic rings. The van der Waals surface area contributed by atoms with Crippen LogP contribution in [0, 0.1) is 0 Å². The van der Waals surface area contributed by atoms with Crippen molar-refractivity contribution in [2.45, 2.75) is 38.8 Å². The van der Waals surface area contributed by atoms with Gasteiger partial charge >= 0.3 is 0 Å². The van der Waals surface area contributed by atoms with Gasteiger partial charge in [0, 0.05) is 30.3 Å². The van der Waals surface area contributed by atoms with Crippen LogP contribution in [0.3, 0.4) is 0 Å². The van der Waals surface area contributed by atoms with E-state index >= 15 is 0 Å². The highest BCUT2D eigenvalue weighted by Gasteiger charge is 2.19. The molecule has 0 spiro atoms. The molecule has 4 heteroatoms. The molecule has 106 valence electrons. The Morgan fingerprint density at radius 2 is 2.11 bits per heavy atom. The molecule has 1 heterocycles. The highest BCUT2D eigenvalue weighted by molar-refractivity contribution is 6.30. The number of piperidine rings is 1. The van der Waals surface area contributed by atoms with E-state index in [0.717, 1.165) is 50.5 Å². The van der Waals surface area contributed by atoms with Crippen LogP contribution in [0.5, 0.6) is 0 Å². The smallest absolute Gasteiger partial charge is 0.0574 e. The van der Waals surface area contributed by atoms with E-state index in [0.29, 0.717) is 0 Å². The molecule has 1 aromatic rings. The topological polar surface area (TPSA) is 35.5 Å². The third-order valence-electron chi connectivity index (χ3n) is 3.59. The van der Waals surface area contributed by atoms with Crippen molar-refractivity contribution in [1.82, 2.24) is 5.32 Å². The van der Waals surface area contributed by atoms with Gasteiger partial charge < -0.3 is 15.3 Å². The van der Waals surface area contributed by atoms with Gasteiger partial charge in [-0.1, -0.05) is 24.6 Å². The normalized spacial score (nSPS) is 16.9. The first-order chi connectivity index (χ1) is 9.20. The molecule has 0 bridgehead atoms. The van der Waals surface area contributed by atoms with Crippen molar-refractivity contribution in [2.24, 2.45) is 0 Å². The minimum Gasteiger partial charge on any atom is -0.393 e. The van der Waals surface area contributed by atoms with E-state index in [9.17, 15) is 5.11 Å². The predicted molar refractivity (Wildman–Crippen MR) is 80.9 cm³/mol. The molecule has 0 radical (unpaired) electrons. The van der Waals surface area contributed by atoms with Crippen molar-refractivity contribution >= 4 is 17.3 Å². The molecule has 0 unspecified atom stereocenters. The molecule has 3 nitrogen and oxygen atoms in total. The van der Waals surface area contributed by atoms with Crippen LogP contribution in [0.15, 0.2) is 18.2 Å². The Balaban J connectivity index is 2.10. The van der Waals surface area contributed by atoms with Crippen molar-refractivity contribution in [3.63, 3.8) is 0 Å². The summed E-state index contributed by atoms with van der Waals surface area (Å²) in [4.78, 5) is 2.33. The molecule has 2 rings (SSSR count).